The van der Waals surface area contributed by atoms with Crippen molar-refractivity contribution in [2.75, 3.05) is 6.54 Å². The molecule has 3 rings (SSSR count). The van der Waals surface area contributed by atoms with E-state index in [1.807, 2.05) is 0 Å². The van der Waals surface area contributed by atoms with Crippen LogP contribution in [0.15, 0.2) is 4.52 Å². The minimum Gasteiger partial charge on any atom is -0.339 e. The number of rotatable bonds is 4. The first-order valence-electron chi connectivity index (χ1n) is 6.85. The molecule has 2 fully saturated rings. The molecule has 2 aliphatic carbocycles. The van der Waals surface area contributed by atoms with Crippen LogP contribution in [0.2, 0.25) is 0 Å². The molecule has 1 aromatic heterocycles. The van der Waals surface area contributed by atoms with E-state index in [-0.39, 0.29) is 5.92 Å². The highest BCUT2D eigenvalue weighted by molar-refractivity contribution is 5.07. The fourth-order valence-electron chi connectivity index (χ4n) is 3.57. The lowest BCUT2D eigenvalue weighted by molar-refractivity contribution is 0.335. The maximum Gasteiger partial charge on any atom is 0.231 e. The van der Waals surface area contributed by atoms with Crippen molar-refractivity contribution in [2.45, 2.75) is 50.9 Å². The summed E-state index contributed by atoms with van der Waals surface area (Å²) in [7, 11) is 0. The molecule has 0 aromatic carbocycles. The fourth-order valence-corrected chi connectivity index (χ4v) is 3.57. The predicted molar refractivity (Wildman–Crippen MR) is 64.6 cm³/mol. The maximum absolute atomic E-state index is 5.71. The van der Waals surface area contributed by atoms with Gasteiger partial charge in [0.1, 0.15) is 0 Å². The van der Waals surface area contributed by atoms with Gasteiger partial charge in [0, 0.05) is 12.5 Å². The molecule has 2 aliphatic rings. The van der Waals surface area contributed by atoms with Gasteiger partial charge in [-0.3, -0.25) is 0 Å². The first kappa shape index (κ1) is 11.2. The zero-order chi connectivity index (χ0) is 11.8. The van der Waals surface area contributed by atoms with Crippen LogP contribution in [0.25, 0.3) is 0 Å². The summed E-state index contributed by atoms with van der Waals surface area (Å²) in [5.41, 5.74) is 5.71. The third-order valence-corrected chi connectivity index (χ3v) is 4.65. The average molecular weight is 235 g/mol. The normalized spacial score (nSPS) is 33.2. The van der Waals surface area contributed by atoms with E-state index in [4.69, 9.17) is 10.3 Å². The molecule has 4 nitrogen and oxygen atoms in total. The standard InChI is InChI=1S/C13H21N3O/c1-2-9(7-14)13-15-12(16-17-13)11-6-8-3-4-10(11)5-8/h8-11H,2-7,14H2,1H3. The van der Waals surface area contributed by atoms with Gasteiger partial charge in [-0.15, -0.1) is 0 Å². The summed E-state index contributed by atoms with van der Waals surface area (Å²) in [6.07, 6.45) is 6.38. The van der Waals surface area contributed by atoms with Gasteiger partial charge in [-0.2, -0.15) is 4.98 Å². The van der Waals surface area contributed by atoms with Gasteiger partial charge < -0.3 is 10.3 Å². The Hall–Kier alpha value is -0.900. The number of fused-ring (bicyclic) bond motifs is 2. The van der Waals surface area contributed by atoms with Crippen molar-refractivity contribution in [3.05, 3.63) is 11.7 Å². The van der Waals surface area contributed by atoms with E-state index in [2.05, 4.69) is 17.1 Å². The second-order valence-electron chi connectivity index (χ2n) is 5.61. The highest BCUT2D eigenvalue weighted by Crippen LogP contribution is 2.52. The molecule has 0 spiro atoms. The fraction of sp³-hybridized carbons (Fsp3) is 0.846. The number of hydrogen-bond donors (Lipinski definition) is 1. The van der Waals surface area contributed by atoms with Crippen molar-refractivity contribution in [3.63, 3.8) is 0 Å². The van der Waals surface area contributed by atoms with E-state index < -0.39 is 0 Å². The number of nitrogens with two attached hydrogens (primary N) is 1. The summed E-state index contributed by atoms with van der Waals surface area (Å²) in [5, 5.41) is 4.19. The van der Waals surface area contributed by atoms with Gasteiger partial charge >= 0.3 is 0 Å². The molecule has 0 saturated heterocycles. The Morgan fingerprint density at radius 2 is 2.29 bits per heavy atom. The maximum atomic E-state index is 5.71. The zero-order valence-electron chi connectivity index (χ0n) is 10.4. The minimum absolute atomic E-state index is 0.231. The summed E-state index contributed by atoms with van der Waals surface area (Å²) in [5.74, 6) is 4.20. The molecule has 0 aliphatic heterocycles. The van der Waals surface area contributed by atoms with Crippen LogP contribution in [-0.4, -0.2) is 16.7 Å². The van der Waals surface area contributed by atoms with Crippen molar-refractivity contribution in [2.24, 2.45) is 17.6 Å². The Bertz CT molecular complexity index is 386. The monoisotopic (exact) mass is 235 g/mol. The highest BCUT2D eigenvalue weighted by Gasteiger charge is 2.42. The SMILES string of the molecule is CCC(CN)c1nc(C2CC3CCC2C3)no1. The van der Waals surface area contributed by atoms with Crippen LogP contribution >= 0.6 is 0 Å². The number of nitrogens with zero attached hydrogens (tertiary/aromatic N) is 2. The first-order valence-corrected chi connectivity index (χ1v) is 6.85. The number of hydrogen-bond acceptors (Lipinski definition) is 4. The van der Waals surface area contributed by atoms with Crippen LogP contribution in [-0.2, 0) is 0 Å². The van der Waals surface area contributed by atoms with E-state index in [1.54, 1.807) is 0 Å². The van der Waals surface area contributed by atoms with E-state index >= 15 is 0 Å². The summed E-state index contributed by atoms with van der Waals surface area (Å²) in [6, 6.07) is 0. The largest absolute Gasteiger partial charge is 0.339 e. The molecule has 2 bridgehead atoms. The van der Waals surface area contributed by atoms with Crippen molar-refractivity contribution < 1.29 is 4.52 Å². The van der Waals surface area contributed by atoms with Gasteiger partial charge in [0.2, 0.25) is 5.89 Å². The average Bonchev–Trinajstić information content (AvgIpc) is 3.06. The third kappa shape index (κ3) is 1.88. The zero-order valence-corrected chi connectivity index (χ0v) is 10.4. The topological polar surface area (TPSA) is 64.9 Å². The van der Waals surface area contributed by atoms with Gasteiger partial charge in [0.05, 0.1) is 5.92 Å². The van der Waals surface area contributed by atoms with Crippen LogP contribution in [0, 0.1) is 11.8 Å². The third-order valence-electron chi connectivity index (χ3n) is 4.65. The Kier molecular flexibility index (Phi) is 2.90. The molecule has 0 radical (unpaired) electrons. The molecule has 2 N–H and O–H groups in total. The Morgan fingerprint density at radius 3 is 2.88 bits per heavy atom. The van der Waals surface area contributed by atoms with Gasteiger partial charge in [-0.1, -0.05) is 18.5 Å². The van der Waals surface area contributed by atoms with Crippen LogP contribution in [0.4, 0.5) is 0 Å². The van der Waals surface area contributed by atoms with Crippen molar-refractivity contribution in [1.29, 1.82) is 0 Å². The molecule has 4 heteroatoms. The minimum atomic E-state index is 0.231. The summed E-state index contributed by atoms with van der Waals surface area (Å²) in [6.45, 7) is 2.70. The Labute approximate surface area is 102 Å². The van der Waals surface area contributed by atoms with Crippen LogP contribution < -0.4 is 5.73 Å². The van der Waals surface area contributed by atoms with E-state index in [0.29, 0.717) is 12.5 Å². The Balaban J connectivity index is 1.76. The van der Waals surface area contributed by atoms with Gasteiger partial charge in [-0.05, 0) is 37.5 Å². The molecular weight excluding hydrogens is 214 g/mol. The molecule has 1 heterocycles. The summed E-state index contributed by atoms with van der Waals surface area (Å²) < 4.78 is 5.39. The molecule has 4 unspecified atom stereocenters. The first-order chi connectivity index (χ1) is 8.31. The summed E-state index contributed by atoms with van der Waals surface area (Å²) in [4.78, 5) is 4.60. The smallest absolute Gasteiger partial charge is 0.231 e. The molecule has 94 valence electrons. The van der Waals surface area contributed by atoms with Crippen LogP contribution in [0.5, 0.6) is 0 Å². The number of aromatic nitrogens is 2. The highest BCUT2D eigenvalue weighted by atomic mass is 16.5. The molecule has 1 aromatic rings. The van der Waals surface area contributed by atoms with Gasteiger partial charge in [0.25, 0.3) is 0 Å². The lowest BCUT2D eigenvalue weighted by Gasteiger charge is -2.17. The van der Waals surface area contributed by atoms with Crippen LogP contribution in [0.1, 0.15) is 62.6 Å². The van der Waals surface area contributed by atoms with E-state index in [0.717, 1.165) is 30.0 Å². The molecular formula is C13H21N3O. The molecule has 17 heavy (non-hydrogen) atoms. The van der Waals surface area contributed by atoms with Crippen molar-refractivity contribution in [1.82, 2.24) is 10.1 Å². The van der Waals surface area contributed by atoms with Gasteiger partial charge in [-0.25, -0.2) is 0 Å². The van der Waals surface area contributed by atoms with Crippen LogP contribution in [0.3, 0.4) is 0 Å². The second-order valence-corrected chi connectivity index (χ2v) is 5.61. The Morgan fingerprint density at radius 1 is 1.41 bits per heavy atom. The lowest BCUT2D eigenvalue weighted by Crippen LogP contribution is -2.13. The molecule has 4 atom stereocenters. The van der Waals surface area contributed by atoms with E-state index in [1.165, 1.54) is 25.7 Å². The molecule has 0 amide bonds. The van der Waals surface area contributed by atoms with Crippen molar-refractivity contribution >= 4 is 0 Å². The predicted octanol–water partition coefficient (Wildman–Crippen LogP) is 2.43. The van der Waals surface area contributed by atoms with E-state index in [9.17, 15) is 0 Å². The quantitative estimate of drug-likeness (QED) is 0.870. The van der Waals surface area contributed by atoms with Crippen molar-refractivity contribution in [3.8, 4) is 0 Å². The van der Waals surface area contributed by atoms with Gasteiger partial charge in [0.15, 0.2) is 5.82 Å². The molecule has 2 saturated carbocycles. The second kappa shape index (κ2) is 4.41. The lowest BCUT2D eigenvalue weighted by atomic mass is 9.88. The summed E-state index contributed by atoms with van der Waals surface area (Å²) >= 11 is 0.